The minimum atomic E-state index is -0.779. The molecule has 130 valence electrons. The quantitative estimate of drug-likeness (QED) is 0.761. The minimum Gasteiger partial charge on any atom is -0.481 e. The molecule has 0 saturated heterocycles. The maximum absolute atomic E-state index is 12.1. The number of carbonyl (C=O) groups excluding carboxylic acids is 2. The normalized spacial score (nSPS) is 13.0. The van der Waals surface area contributed by atoms with Gasteiger partial charge < -0.3 is 14.2 Å². The molecule has 1 heterocycles. The number of rotatable bonds is 4. The van der Waals surface area contributed by atoms with Crippen LogP contribution in [0.5, 0.6) is 17.2 Å². The Morgan fingerprint density at radius 1 is 1.08 bits per heavy atom. The Balaban J connectivity index is 1.52. The predicted octanol–water partition coefficient (Wildman–Crippen LogP) is 2.41. The van der Waals surface area contributed by atoms with Crippen LogP contribution in [-0.4, -0.2) is 24.7 Å². The van der Waals surface area contributed by atoms with Gasteiger partial charge in [-0.2, -0.15) is 0 Å². The number of hydrogen-bond acceptors (Lipinski definition) is 5. The van der Waals surface area contributed by atoms with Crippen LogP contribution in [0.2, 0.25) is 0 Å². The van der Waals surface area contributed by atoms with Crippen molar-refractivity contribution in [3.05, 3.63) is 52.5 Å². The SMILES string of the molecule is C[C@@H](Oc1ccc(Br)cc1)C(=O)NNC(=O)c1ccc2c(c1)OCO2. The van der Waals surface area contributed by atoms with Crippen LogP contribution in [0.15, 0.2) is 46.9 Å². The monoisotopic (exact) mass is 406 g/mol. The predicted molar refractivity (Wildman–Crippen MR) is 92.4 cm³/mol. The molecule has 0 aromatic heterocycles. The molecule has 0 bridgehead atoms. The largest absolute Gasteiger partial charge is 0.481 e. The fourth-order valence-electron chi connectivity index (χ4n) is 2.10. The van der Waals surface area contributed by atoms with Crippen molar-refractivity contribution in [1.29, 1.82) is 0 Å². The van der Waals surface area contributed by atoms with E-state index < -0.39 is 17.9 Å². The molecule has 0 aliphatic carbocycles. The number of halogens is 1. The van der Waals surface area contributed by atoms with Gasteiger partial charge in [0.25, 0.3) is 11.8 Å². The molecule has 0 fully saturated rings. The van der Waals surface area contributed by atoms with Crippen molar-refractivity contribution in [2.75, 3.05) is 6.79 Å². The topological polar surface area (TPSA) is 85.9 Å². The maximum Gasteiger partial charge on any atom is 0.279 e. The Morgan fingerprint density at radius 2 is 1.80 bits per heavy atom. The van der Waals surface area contributed by atoms with Crippen molar-refractivity contribution in [3.8, 4) is 17.2 Å². The van der Waals surface area contributed by atoms with Crippen molar-refractivity contribution in [2.45, 2.75) is 13.0 Å². The molecule has 0 unspecified atom stereocenters. The Kier molecular flexibility index (Phi) is 5.08. The minimum absolute atomic E-state index is 0.127. The summed E-state index contributed by atoms with van der Waals surface area (Å²) in [4.78, 5) is 24.1. The average molecular weight is 407 g/mol. The summed E-state index contributed by atoms with van der Waals surface area (Å²) in [5, 5.41) is 0. The Hall–Kier alpha value is -2.74. The second-order valence-corrected chi connectivity index (χ2v) is 6.14. The fraction of sp³-hybridized carbons (Fsp3) is 0.176. The molecular weight excluding hydrogens is 392 g/mol. The van der Waals surface area contributed by atoms with Crippen molar-refractivity contribution < 1.29 is 23.8 Å². The van der Waals surface area contributed by atoms with Gasteiger partial charge in [0.05, 0.1) is 0 Å². The van der Waals surface area contributed by atoms with Crippen molar-refractivity contribution in [1.82, 2.24) is 10.9 Å². The first-order valence-corrected chi connectivity index (χ1v) is 8.24. The highest BCUT2D eigenvalue weighted by molar-refractivity contribution is 9.10. The summed E-state index contributed by atoms with van der Waals surface area (Å²) in [5.74, 6) is 0.676. The third-order valence-electron chi connectivity index (χ3n) is 3.43. The smallest absolute Gasteiger partial charge is 0.279 e. The molecule has 1 aliphatic rings. The van der Waals surface area contributed by atoms with Crippen LogP contribution in [0, 0.1) is 0 Å². The van der Waals surface area contributed by atoms with Gasteiger partial charge in [-0.3, -0.25) is 20.4 Å². The lowest BCUT2D eigenvalue weighted by atomic mass is 10.2. The Bertz CT molecular complexity index is 794. The molecule has 0 saturated carbocycles. The van der Waals surface area contributed by atoms with E-state index >= 15 is 0 Å². The first-order valence-electron chi connectivity index (χ1n) is 7.45. The van der Waals surface area contributed by atoms with Crippen LogP contribution in [0.1, 0.15) is 17.3 Å². The van der Waals surface area contributed by atoms with E-state index in [0.29, 0.717) is 22.8 Å². The van der Waals surface area contributed by atoms with Gasteiger partial charge in [0.2, 0.25) is 6.79 Å². The van der Waals surface area contributed by atoms with E-state index in [-0.39, 0.29) is 6.79 Å². The van der Waals surface area contributed by atoms with E-state index in [1.807, 2.05) is 0 Å². The summed E-state index contributed by atoms with van der Waals surface area (Å²) in [7, 11) is 0. The number of fused-ring (bicyclic) bond motifs is 1. The van der Waals surface area contributed by atoms with Gasteiger partial charge in [-0.05, 0) is 49.4 Å². The summed E-state index contributed by atoms with van der Waals surface area (Å²) < 4.78 is 16.8. The lowest BCUT2D eigenvalue weighted by Gasteiger charge is -2.15. The van der Waals surface area contributed by atoms with Gasteiger partial charge in [-0.1, -0.05) is 15.9 Å². The number of nitrogens with one attached hydrogen (secondary N) is 2. The van der Waals surface area contributed by atoms with Gasteiger partial charge in [0.1, 0.15) is 5.75 Å². The molecule has 25 heavy (non-hydrogen) atoms. The van der Waals surface area contributed by atoms with Gasteiger partial charge in [0, 0.05) is 10.0 Å². The highest BCUT2D eigenvalue weighted by atomic mass is 79.9. The number of carbonyl (C=O) groups is 2. The molecular formula is C17H15BrN2O5. The fourth-order valence-corrected chi connectivity index (χ4v) is 2.37. The first-order chi connectivity index (χ1) is 12.0. The highest BCUT2D eigenvalue weighted by Gasteiger charge is 2.18. The summed E-state index contributed by atoms with van der Waals surface area (Å²) in [6.07, 6.45) is -0.779. The molecule has 8 heteroatoms. The molecule has 2 aromatic rings. The molecule has 2 amide bonds. The van der Waals surface area contributed by atoms with Crippen LogP contribution >= 0.6 is 15.9 Å². The third kappa shape index (κ3) is 4.21. The lowest BCUT2D eigenvalue weighted by Crippen LogP contribution is -2.47. The van der Waals surface area contributed by atoms with Crippen LogP contribution in [-0.2, 0) is 4.79 Å². The molecule has 0 radical (unpaired) electrons. The standard InChI is InChI=1S/C17H15BrN2O5/c1-10(25-13-5-3-12(18)4-6-13)16(21)19-20-17(22)11-2-7-14-15(8-11)24-9-23-14/h2-8,10H,9H2,1H3,(H,19,21)(H,20,22)/t10-/m1/s1. The zero-order valence-electron chi connectivity index (χ0n) is 13.2. The molecule has 0 spiro atoms. The lowest BCUT2D eigenvalue weighted by molar-refractivity contribution is -0.128. The van der Waals surface area contributed by atoms with E-state index in [1.165, 1.54) is 0 Å². The zero-order valence-corrected chi connectivity index (χ0v) is 14.8. The molecule has 1 atom stereocenters. The third-order valence-corrected chi connectivity index (χ3v) is 3.96. The molecule has 3 rings (SSSR count). The molecule has 2 aromatic carbocycles. The van der Waals surface area contributed by atoms with Crippen LogP contribution in [0.4, 0.5) is 0 Å². The second-order valence-electron chi connectivity index (χ2n) is 5.23. The number of amides is 2. The molecule has 1 aliphatic heterocycles. The van der Waals surface area contributed by atoms with Crippen molar-refractivity contribution >= 4 is 27.7 Å². The number of benzene rings is 2. The first kappa shape index (κ1) is 17.1. The maximum atomic E-state index is 12.1. The Morgan fingerprint density at radius 3 is 2.56 bits per heavy atom. The van der Waals surface area contributed by atoms with Crippen LogP contribution in [0.3, 0.4) is 0 Å². The van der Waals surface area contributed by atoms with E-state index in [0.717, 1.165) is 4.47 Å². The van der Waals surface area contributed by atoms with E-state index in [9.17, 15) is 9.59 Å². The van der Waals surface area contributed by atoms with E-state index in [2.05, 4.69) is 26.8 Å². The number of ether oxygens (including phenoxy) is 3. The highest BCUT2D eigenvalue weighted by Crippen LogP contribution is 2.32. The van der Waals surface area contributed by atoms with Crippen LogP contribution < -0.4 is 25.1 Å². The average Bonchev–Trinajstić information content (AvgIpc) is 3.08. The van der Waals surface area contributed by atoms with E-state index in [1.54, 1.807) is 49.4 Å². The Labute approximate surface area is 152 Å². The van der Waals surface area contributed by atoms with Gasteiger partial charge in [-0.25, -0.2) is 0 Å². The summed E-state index contributed by atoms with van der Waals surface area (Å²) in [5.41, 5.74) is 5.02. The van der Waals surface area contributed by atoms with Crippen molar-refractivity contribution in [3.63, 3.8) is 0 Å². The summed E-state index contributed by atoms with van der Waals surface area (Å²) in [6, 6.07) is 11.8. The van der Waals surface area contributed by atoms with Gasteiger partial charge in [0.15, 0.2) is 17.6 Å². The number of hydrazine groups is 1. The van der Waals surface area contributed by atoms with Gasteiger partial charge in [-0.15, -0.1) is 0 Å². The van der Waals surface area contributed by atoms with Crippen LogP contribution in [0.25, 0.3) is 0 Å². The summed E-state index contributed by atoms with van der Waals surface area (Å²) >= 11 is 3.32. The van der Waals surface area contributed by atoms with Gasteiger partial charge >= 0.3 is 0 Å². The van der Waals surface area contributed by atoms with Crippen molar-refractivity contribution in [2.24, 2.45) is 0 Å². The summed E-state index contributed by atoms with van der Waals surface area (Å²) in [6.45, 7) is 1.71. The molecule has 2 N–H and O–H groups in total. The zero-order chi connectivity index (χ0) is 17.8. The second kappa shape index (κ2) is 7.43. The number of hydrogen-bond donors (Lipinski definition) is 2. The molecule has 7 nitrogen and oxygen atoms in total. The van der Waals surface area contributed by atoms with E-state index in [4.69, 9.17) is 14.2 Å².